The molecule has 0 aliphatic heterocycles. The Kier molecular flexibility index (Phi) is 11.0. The summed E-state index contributed by atoms with van der Waals surface area (Å²) in [7, 11) is 0. The number of nitrogens with two attached hydrogens (primary N) is 1. The lowest BCUT2D eigenvalue weighted by Crippen LogP contribution is -2.46. The van der Waals surface area contributed by atoms with Crippen molar-refractivity contribution >= 4 is 28.5 Å². The molecular formula is C32H40N6O. The fourth-order valence-electron chi connectivity index (χ4n) is 4.10. The third kappa shape index (κ3) is 8.93. The lowest BCUT2D eigenvalue weighted by Gasteiger charge is -2.26. The van der Waals surface area contributed by atoms with Gasteiger partial charge in [0.2, 0.25) is 5.91 Å². The van der Waals surface area contributed by atoms with Crippen molar-refractivity contribution in [1.29, 1.82) is 10.8 Å². The summed E-state index contributed by atoms with van der Waals surface area (Å²) in [6, 6.07) is 25.9. The minimum atomic E-state index is -0.629. The Morgan fingerprint density at radius 2 is 1.56 bits per heavy atom. The third-order valence-corrected chi connectivity index (χ3v) is 6.56. The number of fused-ring (bicyclic) bond motifs is 1. The first kappa shape index (κ1) is 29.3. The molecule has 0 aliphatic rings. The summed E-state index contributed by atoms with van der Waals surface area (Å²) in [4.78, 5) is 16.6. The molecule has 0 radical (unpaired) electrons. The average molecular weight is 525 g/mol. The van der Waals surface area contributed by atoms with E-state index in [1.165, 1.54) is 22.0 Å². The zero-order chi connectivity index (χ0) is 28.2. The monoisotopic (exact) mass is 524 g/mol. The molecule has 0 fully saturated rings. The number of hydrogen-bond donors (Lipinski definition) is 5. The van der Waals surface area contributed by atoms with E-state index in [2.05, 4.69) is 54.5 Å². The van der Waals surface area contributed by atoms with Gasteiger partial charge < -0.3 is 20.9 Å². The normalized spacial score (nSPS) is 11.3. The SMILES string of the molecule is CCc1ccc(CN(C(=N)CCc2ccccc2)C(=N)CNC(=O)C(C)N)cc1.Cc1c[nH]c2ccccc12. The molecule has 204 valence electrons. The largest absolute Gasteiger partial charge is 0.361 e. The van der Waals surface area contributed by atoms with Crippen molar-refractivity contribution in [2.75, 3.05) is 6.54 Å². The Hall–Kier alpha value is -4.23. The highest BCUT2D eigenvalue weighted by atomic mass is 16.2. The lowest BCUT2D eigenvalue weighted by atomic mass is 10.1. The van der Waals surface area contributed by atoms with Gasteiger partial charge in [0, 0.05) is 23.5 Å². The summed E-state index contributed by atoms with van der Waals surface area (Å²) in [6.07, 6.45) is 4.24. The molecule has 0 aliphatic carbocycles. The minimum absolute atomic E-state index is 0.0428. The van der Waals surface area contributed by atoms with Gasteiger partial charge in [0.15, 0.2) is 0 Å². The van der Waals surface area contributed by atoms with Gasteiger partial charge in [0.05, 0.1) is 19.1 Å². The molecule has 4 rings (SSSR count). The van der Waals surface area contributed by atoms with E-state index in [4.69, 9.17) is 16.6 Å². The Labute approximate surface area is 231 Å². The summed E-state index contributed by atoms with van der Waals surface area (Å²) < 4.78 is 0. The molecule has 1 aromatic heterocycles. The molecule has 1 atom stereocenters. The zero-order valence-corrected chi connectivity index (χ0v) is 23.1. The Morgan fingerprint density at radius 1 is 0.923 bits per heavy atom. The molecule has 0 bridgehead atoms. The fourth-order valence-corrected chi connectivity index (χ4v) is 4.10. The van der Waals surface area contributed by atoms with E-state index in [1.54, 1.807) is 11.8 Å². The predicted octanol–water partition coefficient (Wildman–Crippen LogP) is 5.58. The van der Waals surface area contributed by atoms with E-state index in [-0.39, 0.29) is 18.3 Å². The summed E-state index contributed by atoms with van der Waals surface area (Å²) in [6.45, 7) is 6.29. The van der Waals surface area contributed by atoms with Gasteiger partial charge in [-0.25, -0.2) is 0 Å². The maximum atomic E-state index is 11.8. The Bertz CT molecular complexity index is 1360. The number of carbonyl (C=O) groups excluding carboxylic acids is 1. The van der Waals surface area contributed by atoms with Crippen LogP contribution in [0.2, 0.25) is 0 Å². The third-order valence-electron chi connectivity index (χ3n) is 6.56. The number of carbonyl (C=O) groups is 1. The second kappa shape index (κ2) is 14.6. The first-order valence-electron chi connectivity index (χ1n) is 13.4. The van der Waals surface area contributed by atoms with Crippen molar-refractivity contribution in [3.05, 3.63) is 107 Å². The minimum Gasteiger partial charge on any atom is -0.361 e. The van der Waals surface area contributed by atoms with Gasteiger partial charge >= 0.3 is 0 Å². The van der Waals surface area contributed by atoms with E-state index in [1.807, 2.05) is 54.7 Å². The predicted molar refractivity (Wildman–Crippen MR) is 161 cm³/mol. The summed E-state index contributed by atoms with van der Waals surface area (Å²) in [5, 5.41) is 21.0. The van der Waals surface area contributed by atoms with Crippen molar-refractivity contribution in [3.8, 4) is 0 Å². The van der Waals surface area contributed by atoms with Crippen LogP contribution in [0, 0.1) is 17.7 Å². The van der Waals surface area contributed by atoms with E-state index in [9.17, 15) is 4.79 Å². The van der Waals surface area contributed by atoms with E-state index in [0.717, 1.165) is 24.0 Å². The molecule has 0 saturated heterocycles. The number of nitrogens with one attached hydrogen (secondary N) is 4. The van der Waals surface area contributed by atoms with Gasteiger partial charge in [-0.05, 0) is 55.0 Å². The lowest BCUT2D eigenvalue weighted by molar-refractivity contribution is -0.121. The summed E-state index contributed by atoms with van der Waals surface area (Å²) in [5.41, 5.74) is 11.5. The van der Waals surface area contributed by atoms with Crippen LogP contribution in [0.15, 0.2) is 85.1 Å². The average Bonchev–Trinajstić information content (AvgIpc) is 3.35. The fraction of sp³-hybridized carbons (Fsp3) is 0.281. The van der Waals surface area contributed by atoms with E-state index in [0.29, 0.717) is 18.8 Å². The molecule has 7 heteroatoms. The van der Waals surface area contributed by atoms with Crippen molar-refractivity contribution in [1.82, 2.24) is 15.2 Å². The topological polar surface area (TPSA) is 122 Å². The molecule has 1 unspecified atom stereocenters. The number of rotatable bonds is 9. The maximum absolute atomic E-state index is 11.8. The second-order valence-corrected chi connectivity index (χ2v) is 9.66. The van der Waals surface area contributed by atoms with Gasteiger partial charge in [0.1, 0.15) is 11.7 Å². The van der Waals surface area contributed by atoms with Gasteiger partial charge in [-0.2, -0.15) is 0 Å². The molecule has 0 spiro atoms. The number of benzene rings is 3. The van der Waals surface area contributed by atoms with Crippen molar-refractivity contribution in [2.45, 2.75) is 52.6 Å². The van der Waals surface area contributed by atoms with Crippen molar-refractivity contribution < 1.29 is 4.79 Å². The molecule has 1 heterocycles. The van der Waals surface area contributed by atoms with Crippen LogP contribution in [0.4, 0.5) is 0 Å². The van der Waals surface area contributed by atoms with Crippen LogP contribution >= 0.6 is 0 Å². The van der Waals surface area contributed by atoms with Gasteiger partial charge in [-0.1, -0.05) is 79.7 Å². The number of hydrogen-bond acceptors (Lipinski definition) is 4. The number of aryl methyl sites for hydroxylation is 3. The second-order valence-electron chi connectivity index (χ2n) is 9.66. The molecule has 39 heavy (non-hydrogen) atoms. The van der Waals surface area contributed by atoms with Crippen LogP contribution in [0.5, 0.6) is 0 Å². The molecule has 0 saturated carbocycles. The van der Waals surface area contributed by atoms with Gasteiger partial charge in [-0.3, -0.25) is 15.6 Å². The van der Waals surface area contributed by atoms with Crippen LogP contribution in [0.3, 0.4) is 0 Å². The molecular weight excluding hydrogens is 484 g/mol. The number of nitrogens with zero attached hydrogens (tertiary/aromatic N) is 1. The number of para-hydroxylation sites is 1. The smallest absolute Gasteiger partial charge is 0.237 e. The van der Waals surface area contributed by atoms with Crippen LogP contribution < -0.4 is 11.1 Å². The van der Waals surface area contributed by atoms with Crippen LogP contribution in [0.25, 0.3) is 10.9 Å². The maximum Gasteiger partial charge on any atom is 0.237 e. The van der Waals surface area contributed by atoms with Crippen LogP contribution in [-0.2, 0) is 24.2 Å². The summed E-state index contributed by atoms with van der Waals surface area (Å²) >= 11 is 0. The number of H-pyrrole nitrogens is 1. The van der Waals surface area contributed by atoms with Crippen LogP contribution in [0.1, 0.15) is 42.5 Å². The zero-order valence-electron chi connectivity index (χ0n) is 23.1. The van der Waals surface area contributed by atoms with Gasteiger partial charge in [-0.15, -0.1) is 0 Å². The van der Waals surface area contributed by atoms with Crippen molar-refractivity contribution in [2.24, 2.45) is 5.73 Å². The van der Waals surface area contributed by atoms with E-state index < -0.39 is 6.04 Å². The highest BCUT2D eigenvalue weighted by molar-refractivity contribution is 6.00. The first-order chi connectivity index (χ1) is 18.8. The highest BCUT2D eigenvalue weighted by Gasteiger charge is 2.17. The standard InChI is InChI=1S/C23H31N5O.C9H9N/c1-3-18-9-11-20(12-10-18)16-28(22(26)15-27-23(29)17(2)24)21(25)14-13-19-7-5-4-6-8-19;1-7-6-10-9-5-3-2-4-8(7)9/h4-12,17,25-26H,3,13-16,24H2,1-2H3,(H,27,29);2-6,10H,1H3. The molecule has 6 N–H and O–H groups in total. The molecule has 7 nitrogen and oxygen atoms in total. The molecule has 1 amide bonds. The Balaban J connectivity index is 0.000000346. The van der Waals surface area contributed by atoms with E-state index >= 15 is 0 Å². The van der Waals surface area contributed by atoms with Crippen LogP contribution in [-0.4, -0.2) is 40.0 Å². The quantitative estimate of drug-likeness (QED) is 0.145. The number of amides is 1. The highest BCUT2D eigenvalue weighted by Crippen LogP contribution is 2.15. The first-order valence-corrected chi connectivity index (χ1v) is 13.4. The molecule has 3 aromatic carbocycles. The summed E-state index contributed by atoms with van der Waals surface area (Å²) in [5.74, 6) is 0.225. The molecule has 4 aromatic rings. The van der Waals surface area contributed by atoms with Crippen molar-refractivity contribution in [3.63, 3.8) is 0 Å². The van der Waals surface area contributed by atoms with Gasteiger partial charge in [0.25, 0.3) is 0 Å². The number of amidine groups is 2. The number of aromatic amines is 1. The number of aromatic nitrogens is 1. The Morgan fingerprint density at radius 3 is 2.21 bits per heavy atom.